The highest BCUT2D eigenvalue weighted by Gasteiger charge is 2.37. The number of carbonyl (C=O) groups excluding carboxylic acids is 1. The average Bonchev–Trinajstić information content (AvgIpc) is 2.51. The van der Waals surface area contributed by atoms with Crippen molar-refractivity contribution in [2.24, 2.45) is 0 Å². The molecule has 0 fully saturated rings. The molecule has 0 aliphatic rings. The predicted molar refractivity (Wildman–Crippen MR) is 91.1 cm³/mol. The zero-order valence-corrected chi connectivity index (χ0v) is 13.9. The zero-order valence-electron chi connectivity index (χ0n) is 12.3. The molecule has 0 unspecified atom stereocenters. The van der Waals surface area contributed by atoms with Crippen LogP contribution in [0.2, 0.25) is 10.0 Å². The molecule has 0 aliphatic heterocycles. The van der Waals surface area contributed by atoms with E-state index in [4.69, 9.17) is 23.2 Å². The number of carboxylic acids is 1. The molecular weight excluding hydrogens is 337 g/mol. The van der Waals surface area contributed by atoms with Crippen LogP contribution in [0.1, 0.15) is 18.9 Å². The molecule has 4 nitrogen and oxygen atoms in total. The van der Waals surface area contributed by atoms with Gasteiger partial charge in [0.1, 0.15) is 0 Å². The van der Waals surface area contributed by atoms with Gasteiger partial charge in [-0.1, -0.05) is 53.5 Å². The lowest BCUT2D eigenvalue weighted by molar-refractivity contribution is -0.145. The highest BCUT2D eigenvalue weighted by molar-refractivity contribution is 6.42. The molecule has 2 aromatic carbocycles. The predicted octanol–water partition coefficient (Wildman–Crippen LogP) is 4.36. The summed E-state index contributed by atoms with van der Waals surface area (Å²) in [5.41, 5.74) is -0.288. The summed E-state index contributed by atoms with van der Waals surface area (Å²) in [5.74, 6) is -1.48. The van der Waals surface area contributed by atoms with Crippen LogP contribution in [0.3, 0.4) is 0 Å². The molecule has 0 bridgehead atoms. The number of carbonyl (C=O) groups is 2. The number of carboxylic acid groups (broad SMARTS) is 1. The smallest absolute Gasteiger partial charge is 0.314 e. The van der Waals surface area contributed by atoms with Gasteiger partial charge in [0.25, 0.3) is 0 Å². The van der Waals surface area contributed by atoms with Crippen molar-refractivity contribution in [3.8, 4) is 0 Å². The van der Waals surface area contributed by atoms with Gasteiger partial charge in [0.15, 0.2) is 0 Å². The Morgan fingerprint density at radius 1 is 1.09 bits per heavy atom. The quantitative estimate of drug-likeness (QED) is 0.840. The molecule has 0 saturated carbocycles. The summed E-state index contributed by atoms with van der Waals surface area (Å²) in [6.07, 6.45) is -0.202. The lowest BCUT2D eigenvalue weighted by Crippen LogP contribution is -2.36. The topological polar surface area (TPSA) is 66.4 Å². The van der Waals surface area contributed by atoms with Crippen molar-refractivity contribution in [3.63, 3.8) is 0 Å². The number of anilines is 1. The van der Waals surface area contributed by atoms with Gasteiger partial charge in [0, 0.05) is 12.1 Å². The molecule has 0 heterocycles. The number of hydrogen-bond donors (Lipinski definition) is 2. The van der Waals surface area contributed by atoms with Crippen LogP contribution >= 0.6 is 23.2 Å². The van der Waals surface area contributed by atoms with E-state index in [9.17, 15) is 14.7 Å². The van der Waals surface area contributed by atoms with E-state index in [0.717, 1.165) is 0 Å². The first kappa shape index (κ1) is 17.3. The summed E-state index contributed by atoms with van der Waals surface area (Å²) in [7, 11) is 0. The summed E-state index contributed by atoms with van der Waals surface area (Å²) >= 11 is 11.7. The van der Waals surface area contributed by atoms with Crippen molar-refractivity contribution >= 4 is 40.8 Å². The van der Waals surface area contributed by atoms with E-state index in [1.54, 1.807) is 42.5 Å². The molecule has 0 saturated heterocycles. The summed E-state index contributed by atoms with van der Waals surface area (Å²) in [6.45, 7) is 1.53. The third-order valence-corrected chi connectivity index (χ3v) is 4.34. The van der Waals surface area contributed by atoms with Crippen LogP contribution in [0.15, 0.2) is 48.5 Å². The number of hydrogen-bond acceptors (Lipinski definition) is 2. The molecular formula is C17H15Cl2NO3. The second kappa shape index (κ2) is 7.02. The third-order valence-electron chi connectivity index (χ3n) is 3.60. The van der Waals surface area contributed by atoms with E-state index < -0.39 is 17.3 Å². The normalized spacial score (nSPS) is 13.2. The van der Waals surface area contributed by atoms with E-state index in [0.29, 0.717) is 21.3 Å². The fourth-order valence-electron chi connectivity index (χ4n) is 2.21. The van der Waals surface area contributed by atoms with Gasteiger partial charge < -0.3 is 10.4 Å². The SMILES string of the molecule is C[C@@](CC(=O)Nc1ccc(Cl)c(Cl)c1)(C(=O)O)c1ccccc1. The molecule has 0 spiro atoms. The summed E-state index contributed by atoms with van der Waals surface area (Å²) in [4.78, 5) is 23.9. The first-order valence-electron chi connectivity index (χ1n) is 6.87. The van der Waals surface area contributed by atoms with Crippen LogP contribution in [-0.2, 0) is 15.0 Å². The Morgan fingerprint density at radius 2 is 1.74 bits per heavy atom. The van der Waals surface area contributed by atoms with Gasteiger partial charge in [-0.2, -0.15) is 0 Å². The van der Waals surface area contributed by atoms with E-state index >= 15 is 0 Å². The van der Waals surface area contributed by atoms with Gasteiger partial charge in [0.2, 0.25) is 5.91 Å². The van der Waals surface area contributed by atoms with Gasteiger partial charge in [-0.3, -0.25) is 9.59 Å². The summed E-state index contributed by atoms with van der Waals surface area (Å²) in [6, 6.07) is 13.4. The highest BCUT2D eigenvalue weighted by Crippen LogP contribution is 2.29. The Kier molecular flexibility index (Phi) is 5.29. The van der Waals surface area contributed by atoms with E-state index in [-0.39, 0.29) is 6.42 Å². The number of aliphatic carboxylic acids is 1. The Hall–Kier alpha value is -2.04. The second-order valence-electron chi connectivity index (χ2n) is 5.36. The maximum absolute atomic E-state index is 12.3. The van der Waals surface area contributed by atoms with Crippen molar-refractivity contribution in [3.05, 3.63) is 64.1 Å². The fourth-order valence-corrected chi connectivity index (χ4v) is 2.51. The average molecular weight is 352 g/mol. The van der Waals surface area contributed by atoms with Gasteiger partial charge in [-0.05, 0) is 30.7 Å². The van der Waals surface area contributed by atoms with Crippen molar-refractivity contribution < 1.29 is 14.7 Å². The highest BCUT2D eigenvalue weighted by atomic mass is 35.5. The number of benzene rings is 2. The molecule has 6 heteroatoms. The maximum atomic E-state index is 12.3. The van der Waals surface area contributed by atoms with E-state index in [1.807, 2.05) is 0 Å². The molecule has 2 N–H and O–H groups in total. The molecule has 1 atom stereocenters. The largest absolute Gasteiger partial charge is 0.481 e. The van der Waals surface area contributed by atoms with Crippen LogP contribution in [-0.4, -0.2) is 17.0 Å². The Bertz CT molecular complexity index is 734. The van der Waals surface area contributed by atoms with Crippen LogP contribution in [0.5, 0.6) is 0 Å². The van der Waals surface area contributed by atoms with Crippen molar-refractivity contribution in [2.75, 3.05) is 5.32 Å². The molecule has 120 valence electrons. The van der Waals surface area contributed by atoms with E-state index in [1.165, 1.54) is 13.0 Å². The van der Waals surface area contributed by atoms with Crippen molar-refractivity contribution in [1.29, 1.82) is 0 Å². The molecule has 2 aromatic rings. The molecule has 0 aromatic heterocycles. The van der Waals surface area contributed by atoms with E-state index in [2.05, 4.69) is 5.32 Å². The third kappa shape index (κ3) is 4.03. The first-order chi connectivity index (χ1) is 10.8. The lowest BCUT2D eigenvalue weighted by Gasteiger charge is -2.24. The first-order valence-corrected chi connectivity index (χ1v) is 7.62. The standard InChI is InChI=1S/C17H15Cl2NO3/c1-17(16(22)23,11-5-3-2-4-6-11)10-15(21)20-12-7-8-13(18)14(19)9-12/h2-9H,10H2,1H3,(H,20,21)(H,22,23)/t17-/m0/s1. The molecule has 0 radical (unpaired) electrons. The van der Waals surface area contributed by atoms with Gasteiger partial charge in [-0.25, -0.2) is 0 Å². The number of rotatable bonds is 5. The minimum atomic E-state index is -1.32. The summed E-state index contributed by atoms with van der Waals surface area (Å²) in [5, 5.41) is 12.9. The fraction of sp³-hybridized carbons (Fsp3) is 0.176. The van der Waals surface area contributed by atoms with Gasteiger partial charge >= 0.3 is 5.97 Å². The minimum absolute atomic E-state index is 0.202. The van der Waals surface area contributed by atoms with Crippen molar-refractivity contribution in [2.45, 2.75) is 18.8 Å². The summed E-state index contributed by atoms with van der Waals surface area (Å²) < 4.78 is 0. The Labute approximate surface area is 144 Å². The number of nitrogens with one attached hydrogen (secondary N) is 1. The number of amides is 1. The second-order valence-corrected chi connectivity index (χ2v) is 6.17. The molecule has 0 aliphatic carbocycles. The van der Waals surface area contributed by atoms with Crippen LogP contribution in [0.4, 0.5) is 5.69 Å². The monoisotopic (exact) mass is 351 g/mol. The molecule has 2 rings (SSSR count). The lowest BCUT2D eigenvalue weighted by atomic mass is 9.79. The van der Waals surface area contributed by atoms with Gasteiger partial charge in [0.05, 0.1) is 15.5 Å². The molecule has 1 amide bonds. The Morgan fingerprint density at radius 3 is 2.30 bits per heavy atom. The van der Waals surface area contributed by atoms with Crippen LogP contribution in [0.25, 0.3) is 0 Å². The van der Waals surface area contributed by atoms with Crippen LogP contribution in [0, 0.1) is 0 Å². The zero-order chi connectivity index (χ0) is 17.0. The minimum Gasteiger partial charge on any atom is -0.481 e. The molecule has 23 heavy (non-hydrogen) atoms. The Balaban J connectivity index is 2.19. The number of halogens is 2. The maximum Gasteiger partial charge on any atom is 0.314 e. The van der Waals surface area contributed by atoms with Gasteiger partial charge in [-0.15, -0.1) is 0 Å². The van der Waals surface area contributed by atoms with Crippen LogP contribution < -0.4 is 5.32 Å². The van der Waals surface area contributed by atoms with Crippen molar-refractivity contribution in [1.82, 2.24) is 0 Å².